The molecule has 4 nitrogen and oxygen atoms in total. The zero-order valence-electron chi connectivity index (χ0n) is 10.0. The predicted octanol–water partition coefficient (Wildman–Crippen LogP) is 2.12. The maximum Gasteiger partial charge on any atom is 0.329 e. The smallest absolute Gasteiger partial charge is 0.329 e. The summed E-state index contributed by atoms with van der Waals surface area (Å²) in [4.78, 5) is 9.63. The van der Waals surface area contributed by atoms with Gasteiger partial charge in [-0.1, -0.05) is 18.2 Å². The van der Waals surface area contributed by atoms with Crippen molar-refractivity contribution in [2.75, 3.05) is 19.8 Å². The second-order valence-corrected chi connectivity index (χ2v) is 3.59. The molecule has 1 aromatic rings. The molecule has 0 atom stereocenters. The van der Waals surface area contributed by atoms with Gasteiger partial charge in [0.25, 0.3) is 0 Å². The van der Waals surface area contributed by atoms with E-state index in [0.29, 0.717) is 6.61 Å². The van der Waals surface area contributed by atoms with Crippen molar-refractivity contribution in [3.63, 3.8) is 0 Å². The van der Waals surface area contributed by atoms with Gasteiger partial charge in [0.2, 0.25) is 0 Å². The Bertz CT molecular complexity index is 324. The second-order valence-electron chi connectivity index (χ2n) is 3.59. The standard InChI is InChI=1S/C9H10O.C4H8O3/c1-2-6-9-8(4-1)5-3-7-10-9;1-2-7-3-4(5)6/h1-2,4,6H,3,5,7H2;2-3H2,1H3,(H,5,6). The Hall–Kier alpha value is -1.55. The Balaban J connectivity index is 0.000000185. The first kappa shape index (κ1) is 13.5. The van der Waals surface area contributed by atoms with E-state index in [9.17, 15) is 4.79 Å². The van der Waals surface area contributed by atoms with Crippen LogP contribution in [0.1, 0.15) is 18.9 Å². The number of hydrogen-bond acceptors (Lipinski definition) is 3. The summed E-state index contributed by atoms with van der Waals surface area (Å²) in [6.45, 7) is 2.92. The van der Waals surface area contributed by atoms with Crippen molar-refractivity contribution in [2.45, 2.75) is 19.8 Å². The van der Waals surface area contributed by atoms with E-state index in [1.54, 1.807) is 6.92 Å². The number of carbonyl (C=O) groups is 1. The molecule has 0 aliphatic carbocycles. The Kier molecular flexibility index (Phi) is 6.10. The normalized spacial score (nSPS) is 12.8. The summed E-state index contributed by atoms with van der Waals surface area (Å²) in [7, 11) is 0. The average Bonchev–Trinajstić information content (AvgIpc) is 2.37. The van der Waals surface area contributed by atoms with Crippen LogP contribution in [0.5, 0.6) is 5.75 Å². The van der Waals surface area contributed by atoms with Crippen molar-refractivity contribution in [1.29, 1.82) is 0 Å². The van der Waals surface area contributed by atoms with Crippen molar-refractivity contribution in [3.05, 3.63) is 29.8 Å². The van der Waals surface area contributed by atoms with Gasteiger partial charge in [-0.15, -0.1) is 0 Å². The molecular formula is C13H18O4. The van der Waals surface area contributed by atoms with Gasteiger partial charge in [-0.2, -0.15) is 0 Å². The maximum absolute atomic E-state index is 9.63. The molecule has 1 aromatic carbocycles. The van der Waals surface area contributed by atoms with Gasteiger partial charge in [0.05, 0.1) is 6.61 Å². The van der Waals surface area contributed by atoms with E-state index in [-0.39, 0.29) is 6.61 Å². The topological polar surface area (TPSA) is 55.8 Å². The van der Waals surface area contributed by atoms with Gasteiger partial charge in [0.15, 0.2) is 0 Å². The molecule has 0 amide bonds. The minimum Gasteiger partial charge on any atom is -0.493 e. The summed E-state index contributed by atoms with van der Waals surface area (Å²) < 4.78 is 9.92. The first-order valence-corrected chi connectivity index (χ1v) is 5.74. The first-order chi connectivity index (χ1) is 8.24. The number of ether oxygens (including phenoxy) is 2. The van der Waals surface area contributed by atoms with Crippen molar-refractivity contribution in [1.82, 2.24) is 0 Å². The predicted molar refractivity (Wildman–Crippen MR) is 64.4 cm³/mol. The Morgan fingerprint density at radius 1 is 1.47 bits per heavy atom. The highest BCUT2D eigenvalue weighted by atomic mass is 16.5. The zero-order chi connectivity index (χ0) is 12.5. The molecule has 0 saturated carbocycles. The van der Waals surface area contributed by atoms with Gasteiger partial charge in [-0.25, -0.2) is 4.79 Å². The molecule has 4 heteroatoms. The lowest BCUT2D eigenvalue weighted by Gasteiger charge is -2.15. The summed E-state index contributed by atoms with van der Waals surface area (Å²) in [5.74, 6) is 0.163. The highest BCUT2D eigenvalue weighted by Gasteiger charge is 2.06. The van der Waals surface area contributed by atoms with Gasteiger partial charge in [-0.05, 0) is 31.4 Å². The summed E-state index contributed by atoms with van der Waals surface area (Å²) in [6, 6.07) is 8.25. The highest BCUT2D eigenvalue weighted by molar-refractivity contribution is 5.67. The zero-order valence-corrected chi connectivity index (χ0v) is 10.0. The third-order valence-corrected chi connectivity index (χ3v) is 2.25. The van der Waals surface area contributed by atoms with E-state index < -0.39 is 5.97 Å². The van der Waals surface area contributed by atoms with Gasteiger partial charge in [0.1, 0.15) is 12.4 Å². The lowest BCUT2D eigenvalue weighted by Crippen LogP contribution is -2.07. The molecule has 0 radical (unpaired) electrons. The molecule has 0 fully saturated rings. The van der Waals surface area contributed by atoms with E-state index in [0.717, 1.165) is 18.8 Å². The number of fused-ring (bicyclic) bond motifs is 1. The number of carboxylic acid groups (broad SMARTS) is 1. The molecule has 0 aromatic heterocycles. The fraction of sp³-hybridized carbons (Fsp3) is 0.462. The Labute approximate surface area is 101 Å². The molecule has 0 unspecified atom stereocenters. The summed E-state index contributed by atoms with van der Waals surface area (Å²) in [6.07, 6.45) is 2.34. The molecule has 0 bridgehead atoms. The van der Waals surface area contributed by atoms with Crippen LogP contribution in [0.2, 0.25) is 0 Å². The Morgan fingerprint density at radius 3 is 2.82 bits per heavy atom. The van der Waals surface area contributed by atoms with Crippen molar-refractivity contribution in [3.8, 4) is 5.75 Å². The number of aryl methyl sites for hydroxylation is 1. The molecule has 1 aliphatic rings. The number of carboxylic acids is 1. The molecule has 94 valence electrons. The number of rotatable bonds is 3. The van der Waals surface area contributed by atoms with Crippen molar-refractivity contribution in [2.24, 2.45) is 0 Å². The van der Waals surface area contributed by atoms with E-state index in [2.05, 4.69) is 16.9 Å². The quantitative estimate of drug-likeness (QED) is 0.876. The lowest BCUT2D eigenvalue weighted by molar-refractivity contribution is -0.142. The van der Waals surface area contributed by atoms with Crippen LogP contribution < -0.4 is 4.74 Å². The SMILES string of the molecule is CCOCC(=O)O.c1ccc2c(c1)CCCO2. The van der Waals surface area contributed by atoms with E-state index >= 15 is 0 Å². The molecule has 0 spiro atoms. The largest absolute Gasteiger partial charge is 0.493 e. The van der Waals surface area contributed by atoms with E-state index in [1.165, 1.54) is 12.0 Å². The second kappa shape index (κ2) is 7.68. The fourth-order valence-electron chi connectivity index (χ4n) is 1.49. The molecule has 0 saturated heterocycles. The number of hydrogen-bond donors (Lipinski definition) is 1. The van der Waals surface area contributed by atoms with Crippen LogP contribution in [-0.4, -0.2) is 30.9 Å². The van der Waals surface area contributed by atoms with Gasteiger partial charge < -0.3 is 14.6 Å². The molecule has 17 heavy (non-hydrogen) atoms. The minimum absolute atomic E-state index is 0.184. The third-order valence-electron chi connectivity index (χ3n) is 2.25. The van der Waals surface area contributed by atoms with Gasteiger partial charge >= 0.3 is 5.97 Å². The average molecular weight is 238 g/mol. The van der Waals surface area contributed by atoms with Gasteiger partial charge in [-0.3, -0.25) is 0 Å². The third kappa shape index (κ3) is 5.36. The van der Waals surface area contributed by atoms with Crippen LogP contribution in [0.15, 0.2) is 24.3 Å². The lowest BCUT2D eigenvalue weighted by atomic mass is 10.1. The number of para-hydroxylation sites is 1. The summed E-state index contributed by atoms with van der Waals surface area (Å²) in [5, 5.41) is 7.92. The van der Waals surface area contributed by atoms with E-state index in [1.807, 2.05) is 12.1 Å². The molecule has 1 heterocycles. The highest BCUT2D eigenvalue weighted by Crippen LogP contribution is 2.22. The van der Waals surface area contributed by atoms with Crippen LogP contribution >= 0.6 is 0 Å². The van der Waals surface area contributed by atoms with Crippen LogP contribution in [0.3, 0.4) is 0 Å². The number of benzene rings is 1. The molecule has 1 N–H and O–H groups in total. The molecular weight excluding hydrogens is 220 g/mol. The van der Waals surface area contributed by atoms with Crippen LogP contribution in [0, 0.1) is 0 Å². The van der Waals surface area contributed by atoms with E-state index in [4.69, 9.17) is 9.84 Å². The van der Waals surface area contributed by atoms with Gasteiger partial charge in [0, 0.05) is 6.61 Å². The monoisotopic (exact) mass is 238 g/mol. The maximum atomic E-state index is 9.63. The minimum atomic E-state index is -0.915. The van der Waals surface area contributed by atoms with Crippen molar-refractivity contribution >= 4 is 5.97 Å². The summed E-state index contributed by atoms with van der Waals surface area (Å²) >= 11 is 0. The number of aliphatic carboxylic acids is 1. The van der Waals surface area contributed by atoms with Crippen molar-refractivity contribution < 1.29 is 19.4 Å². The molecule has 2 rings (SSSR count). The van der Waals surface area contributed by atoms with Crippen LogP contribution in [-0.2, 0) is 16.0 Å². The Morgan fingerprint density at radius 2 is 2.24 bits per heavy atom. The molecule has 1 aliphatic heterocycles. The van der Waals surface area contributed by atoms with Crippen LogP contribution in [0.4, 0.5) is 0 Å². The fourth-order valence-corrected chi connectivity index (χ4v) is 1.49. The first-order valence-electron chi connectivity index (χ1n) is 5.74. The summed E-state index contributed by atoms with van der Waals surface area (Å²) in [5.41, 5.74) is 1.36. The van der Waals surface area contributed by atoms with Crippen LogP contribution in [0.25, 0.3) is 0 Å².